The number of hydrogen-bond acceptors (Lipinski definition) is 1. The molecule has 18 heavy (non-hydrogen) atoms. The van der Waals surface area contributed by atoms with Crippen LogP contribution in [0.5, 0.6) is 0 Å². The van der Waals surface area contributed by atoms with Crippen LogP contribution in [0.15, 0.2) is 36.4 Å². The van der Waals surface area contributed by atoms with Crippen molar-refractivity contribution in [3.8, 4) is 0 Å². The van der Waals surface area contributed by atoms with Crippen molar-refractivity contribution >= 4 is 5.97 Å². The second kappa shape index (κ2) is 4.23. The largest absolute Gasteiger partial charge is 0.481 e. The van der Waals surface area contributed by atoms with Gasteiger partial charge in [-0.05, 0) is 41.7 Å². The standard InChI is InChI=1S/C15H15FO2/c16-13-4-2-1-3-11(13)15-10-6-5-9(7-10)12(15)8-14(17)18/h1-6,9-10,12,15H,7-8H2,(H,17,18). The van der Waals surface area contributed by atoms with Gasteiger partial charge in [-0.15, -0.1) is 0 Å². The Morgan fingerprint density at radius 3 is 2.72 bits per heavy atom. The van der Waals surface area contributed by atoms with Crippen molar-refractivity contribution < 1.29 is 14.3 Å². The third kappa shape index (κ3) is 1.74. The molecule has 1 fully saturated rings. The Morgan fingerprint density at radius 2 is 2.00 bits per heavy atom. The fraction of sp³-hybridized carbons (Fsp3) is 0.400. The van der Waals surface area contributed by atoms with Crippen LogP contribution in [0, 0.1) is 23.6 Å². The predicted molar refractivity (Wildman–Crippen MR) is 65.6 cm³/mol. The molecular formula is C15H15FO2. The van der Waals surface area contributed by atoms with Crippen LogP contribution in [0.25, 0.3) is 0 Å². The molecule has 1 aromatic rings. The second-order valence-corrected chi connectivity index (χ2v) is 5.26. The lowest BCUT2D eigenvalue weighted by Gasteiger charge is -2.27. The summed E-state index contributed by atoms with van der Waals surface area (Å²) in [4.78, 5) is 11.0. The van der Waals surface area contributed by atoms with Gasteiger partial charge in [0, 0.05) is 6.42 Å². The summed E-state index contributed by atoms with van der Waals surface area (Å²) in [5.74, 6) is -0.334. The lowest BCUT2D eigenvalue weighted by Crippen LogP contribution is -2.21. The number of carboxylic acid groups (broad SMARTS) is 1. The molecule has 0 heterocycles. The van der Waals surface area contributed by atoms with Crippen LogP contribution in [0.3, 0.4) is 0 Å². The molecule has 0 saturated heterocycles. The van der Waals surface area contributed by atoms with Gasteiger partial charge in [0.05, 0.1) is 0 Å². The number of halogens is 1. The highest BCUT2D eigenvalue weighted by Crippen LogP contribution is 2.54. The molecule has 0 radical (unpaired) electrons. The van der Waals surface area contributed by atoms with Crippen molar-refractivity contribution in [1.82, 2.24) is 0 Å². The molecule has 2 aliphatic rings. The zero-order valence-electron chi connectivity index (χ0n) is 9.92. The van der Waals surface area contributed by atoms with Gasteiger partial charge >= 0.3 is 5.97 Å². The van der Waals surface area contributed by atoms with E-state index in [1.54, 1.807) is 12.1 Å². The highest BCUT2D eigenvalue weighted by atomic mass is 19.1. The van der Waals surface area contributed by atoms with E-state index < -0.39 is 5.97 Å². The van der Waals surface area contributed by atoms with Gasteiger partial charge in [0.25, 0.3) is 0 Å². The summed E-state index contributed by atoms with van der Waals surface area (Å²) in [6.45, 7) is 0. The molecule has 4 atom stereocenters. The van der Waals surface area contributed by atoms with Gasteiger partial charge in [-0.2, -0.15) is 0 Å². The topological polar surface area (TPSA) is 37.3 Å². The van der Waals surface area contributed by atoms with Crippen molar-refractivity contribution in [1.29, 1.82) is 0 Å². The lowest BCUT2D eigenvalue weighted by atomic mass is 9.77. The third-order valence-corrected chi connectivity index (χ3v) is 4.30. The molecule has 94 valence electrons. The minimum atomic E-state index is -0.790. The maximum atomic E-state index is 13.9. The molecule has 1 N–H and O–H groups in total. The zero-order valence-corrected chi connectivity index (χ0v) is 9.92. The van der Waals surface area contributed by atoms with Crippen LogP contribution in [-0.2, 0) is 4.79 Å². The summed E-state index contributed by atoms with van der Waals surface area (Å²) < 4.78 is 13.9. The van der Waals surface area contributed by atoms with Crippen LogP contribution in [0.4, 0.5) is 4.39 Å². The van der Waals surface area contributed by atoms with Crippen LogP contribution in [0.1, 0.15) is 24.3 Å². The highest BCUT2D eigenvalue weighted by Gasteiger charge is 2.46. The van der Waals surface area contributed by atoms with E-state index in [4.69, 9.17) is 5.11 Å². The maximum Gasteiger partial charge on any atom is 0.303 e. The number of allylic oxidation sites excluding steroid dienone is 2. The Bertz CT molecular complexity index is 509. The van der Waals surface area contributed by atoms with E-state index in [9.17, 15) is 9.18 Å². The fourth-order valence-corrected chi connectivity index (χ4v) is 3.61. The van der Waals surface area contributed by atoms with Gasteiger partial charge in [-0.3, -0.25) is 4.79 Å². The number of carboxylic acids is 1. The SMILES string of the molecule is O=C(O)CC1C2C=CC(C2)C1c1ccccc1F. The van der Waals surface area contributed by atoms with E-state index in [2.05, 4.69) is 12.2 Å². The number of fused-ring (bicyclic) bond motifs is 2. The second-order valence-electron chi connectivity index (χ2n) is 5.26. The van der Waals surface area contributed by atoms with E-state index in [-0.39, 0.29) is 24.1 Å². The first-order valence-corrected chi connectivity index (χ1v) is 6.31. The van der Waals surface area contributed by atoms with Crippen molar-refractivity contribution in [2.45, 2.75) is 18.8 Å². The van der Waals surface area contributed by atoms with Crippen LogP contribution in [0.2, 0.25) is 0 Å². The number of rotatable bonds is 3. The van der Waals surface area contributed by atoms with E-state index in [1.165, 1.54) is 6.07 Å². The average molecular weight is 246 g/mol. The summed E-state index contributed by atoms with van der Waals surface area (Å²) in [6, 6.07) is 6.76. The quantitative estimate of drug-likeness (QED) is 0.831. The van der Waals surface area contributed by atoms with Crippen molar-refractivity contribution in [2.75, 3.05) is 0 Å². The molecule has 2 nitrogen and oxygen atoms in total. The van der Waals surface area contributed by atoms with E-state index in [0.717, 1.165) is 6.42 Å². The molecule has 2 aliphatic carbocycles. The van der Waals surface area contributed by atoms with E-state index in [1.807, 2.05) is 6.07 Å². The van der Waals surface area contributed by atoms with Crippen LogP contribution < -0.4 is 0 Å². The van der Waals surface area contributed by atoms with Gasteiger partial charge in [0.1, 0.15) is 5.82 Å². The molecule has 1 aromatic carbocycles. The molecule has 3 heteroatoms. The van der Waals surface area contributed by atoms with Gasteiger partial charge < -0.3 is 5.11 Å². The van der Waals surface area contributed by atoms with Crippen LogP contribution >= 0.6 is 0 Å². The molecule has 0 aliphatic heterocycles. The van der Waals surface area contributed by atoms with Gasteiger partial charge in [-0.25, -0.2) is 4.39 Å². The molecule has 0 spiro atoms. The van der Waals surface area contributed by atoms with E-state index in [0.29, 0.717) is 17.4 Å². The Balaban J connectivity index is 1.97. The normalized spacial score (nSPS) is 32.9. The molecule has 2 bridgehead atoms. The maximum absolute atomic E-state index is 13.9. The molecule has 3 rings (SSSR count). The minimum absolute atomic E-state index is 0.0253. The van der Waals surface area contributed by atoms with Crippen molar-refractivity contribution in [3.05, 3.63) is 47.8 Å². The Labute approximate surface area is 105 Å². The average Bonchev–Trinajstić information content (AvgIpc) is 2.90. The van der Waals surface area contributed by atoms with Gasteiger partial charge in [-0.1, -0.05) is 30.4 Å². The number of aliphatic carboxylic acids is 1. The number of benzene rings is 1. The molecule has 4 unspecified atom stereocenters. The fourth-order valence-electron chi connectivity index (χ4n) is 3.61. The Morgan fingerprint density at radius 1 is 1.28 bits per heavy atom. The summed E-state index contributed by atoms with van der Waals surface area (Å²) in [7, 11) is 0. The Kier molecular flexibility index (Phi) is 2.69. The highest BCUT2D eigenvalue weighted by molar-refractivity contribution is 5.67. The zero-order chi connectivity index (χ0) is 12.7. The van der Waals surface area contributed by atoms with Gasteiger partial charge in [0.2, 0.25) is 0 Å². The first-order chi connectivity index (χ1) is 8.66. The summed E-state index contributed by atoms with van der Waals surface area (Å²) in [5, 5.41) is 9.02. The van der Waals surface area contributed by atoms with Crippen molar-refractivity contribution in [2.24, 2.45) is 17.8 Å². The molecule has 0 amide bonds. The van der Waals surface area contributed by atoms with Crippen LogP contribution in [-0.4, -0.2) is 11.1 Å². The predicted octanol–water partition coefficient (Wildman–Crippen LogP) is 3.21. The minimum Gasteiger partial charge on any atom is -0.481 e. The molecular weight excluding hydrogens is 231 g/mol. The summed E-state index contributed by atoms with van der Waals surface area (Å²) >= 11 is 0. The van der Waals surface area contributed by atoms with E-state index >= 15 is 0 Å². The molecule has 0 aromatic heterocycles. The Hall–Kier alpha value is -1.64. The number of carbonyl (C=O) groups is 1. The smallest absolute Gasteiger partial charge is 0.303 e. The lowest BCUT2D eigenvalue weighted by molar-refractivity contribution is -0.138. The van der Waals surface area contributed by atoms with Gasteiger partial charge in [0.15, 0.2) is 0 Å². The first-order valence-electron chi connectivity index (χ1n) is 6.31. The monoisotopic (exact) mass is 246 g/mol. The summed E-state index contributed by atoms with van der Waals surface area (Å²) in [5.41, 5.74) is 0.681. The first kappa shape index (κ1) is 11.5. The third-order valence-electron chi connectivity index (χ3n) is 4.30. The number of hydrogen-bond donors (Lipinski definition) is 1. The summed E-state index contributed by atoms with van der Waals surface area (Å²) in [6.07, 6.45) is 5.33. The molecule has 1 saturated carbocycles. The van der Waals surface area contributed by atoms with Crippen molar-refractivity contribution in [3.63, 3.8) is 0 Å².